The molecule has 0 bridgehead atoms. The highest BCUT2D eigenvalue weighted by molar-refractivity contribution is 6.30. The number of aliphatic hydroxyl groups is 1. The molecule has 0 fully saturated rings. The maximum Gasteiger partial charge on any atom is 0.319 e. The number of aliphatic hydroxyl groups excluding tert-OH is 1. The lowest BCUT2D eigenvalue weighted by molar-refractivity contribution is 0.225. The quantitative estimate of drug-likeness (QED) is 0.791. The molecule has 2 aromatic rings. The van der Waals surface area contributed by atoms with E-state index in [9.17, 15) is 14.3 Å². The smallest absolute Gasteiger partial charge is 0.319 e. The van der Waals surface area contributed by atoms with Crippen LogP contribution >= 0.6 is 11.6 Å². The number of amides is 2. The van der Waals surface area contributed by atoms with Crippen molar-refractivity contribution < 1.29 is 14.3 Å². The van der Waals surface area contributed by atoms with E-state index >= 15 is 0 Å². The second-order valence-electron chi connectivity index (χ2n) is 5.27. The van der Waals surface area contributed by atoms with Gasteiger partial charge in [-0.2, -0.15) is 0 Å². The van der Waals surface area contributed by atoms with Crippen molar-refractivity contribution in [3.63, 3.8) is 0 Å². The Morgan fingerprint density at radius 3 is 2.48 bits per heavy atom. The van der Waals surface area contributed by atoms with Gasteiger partial charge in [0, 0.05) is 5.69 Å². The van der Waals surface area contributed by atoms with E-state index in [1.807, 2.05) is 32.0 Å². The Bertz CT molecular complexity index is 701. The van der Waals surface area contributed by atoms with Crippen LogP contribution in [0.3, 0.4) is 0 Å². The van der Waals surface area contributed by atoms with Gasteiger partial charge in [0.1, 0.15) is 5.82 Å². The van der Waals surface area contributed by atoms with E-state index in [-0.39, 0.29) is 11.6 Å². The third-order valence-electron chi connectivity index (χ3n) is 3.55. The summed E-state index contributed by atoms with van der Waals surface area (Å²) < 4.78 is 13.5. The summed E-state index contributed by atoms with van der Waals surface area (Å²) in [4.78, 5) is 12.2. The number of rotatable bonds is 4. The van der Waals surface area contributed by atoms with Crippen LogP contribution in [-0.2, 0) is 0 Å². The third kappa shape index (κ3) is 4.21. The molecule has 0 aliphatic carbocycles. The first kappa shape index (κ1) is 17.2. The minimum atomic E-state index is -0.730. The Kier molecular flexibility index (Phi) is 5.58. The normalized spacial score (nSPS) is 11.9. The molecule has 3 N–H and O–H groups in total. The van der Waals surface area contributed by atoms with E-state index in [2.05, 4.69) is 10.6 Å². The molecular weight excluding hydrogens is 319 g/mol. The summed E-state index contributed by atoms with van der Waals surface area (Å²) >= 11 is 5.64. The summed E-state index contributed by atoms with van der Waals surface area (Å²) in [6.07, 6.45) is 0. The maximum absolute atomic E-state index is 13.5. The van der Waals surface area contributed by atoms with Crippen molar-refractivity contribution >= 4 is 23.3 Å². The average Bonchev–Trinajstić information content (AvgIpc) is 2.51. The number of halogens is 2. The summed E-state index contributed by atoms with van der Waals surface area (Å²) in [6, 6.07) is 8.62. The molecule has 2 amide bonds. The summed E-state index contributed by atoms with van der Waals surface area (Å²) in [5.74, 6) is -0.598. The van der Waals surface area contributed by atoms with Gasteiger partial charge in [0.15, 0.2) is 0 Å². The molecular formula is C17H18ClFN2O2. The Morgan fingerprint density at radius 1 is 1.26 bits per heavy atom. The highest BCUT2D eigenvalue weighted by Gasteiger charge is 2.16. The van der Waals surface area contributed by atoms with Crippen LogP contribution in [0.25, 0.3) is 0 Å². The highest BCUT2D eigenvalue weighted by Crippen LogP contribution is 2.22. The minimum Gasteiger partial charge on any atom is -0.394 e. The van der Waals surface area contributed by atoms with E-state index in [4.69, 9.17) is 11.6 Å². The van der Waals surface area contributed by atoms with Crippen molar-refractivity contribution in [2.45, 2.75) is 19.9 Å². The zero-order valence-electron chi connectivity index (χ0n) is 12.9. The van der Waals surface area contributed by atoms with E-state index in [1.54, 1.807) is 6.07 Å². The second-order valence-corrected chi connectivity index (χ2v) is 5.68. The van der Waals surface area contributed by atoms with Gasteiger partial charge in [-0.1, -0.05) is 35.9 Å². The van der Waals surface area contributed by atoms with Crippen molar-refractivity contribution in [2.24, 2.45) is 0 Å². The molecule has 0 aliphatic heterocycles. The van der Waals surface area contributed by atoms with Crippen LogP contribution < -0.4 is 10.6 Å². The standard InChI is InChI=1S/C17H18ClFN2O2/c1-10-4-3-5-11(2)16(10)21-17(23)20-15(9-22)12-6-7-13(18)14(19)8-12/h3-8,15,22H,9H2,1-2H3,(H2,20,21,23). The van der Waals surface area contributed by atoms with Crippen LogP contribution in [0.2, 0.25) is 5.02 Å². The molecule has 1 unspecified atom stereocenters. The van der Waals surface area contributed by atoms with E-state index in [0.29, 0.717) is 11.3 Å². The Hall–Kier alpha value is -2.11. The molecule has 0 spiro atoms. The van der Waals surface area contributed by atoms with Crippen LogP contribution in [0.1, 0.15) is 22.7 Å². The first-order chi connectivity index (χ1) is 10.9. The molecule has 0 aromatic heterocycles. The lowest BCUT2D eigenvalue weighted by Crippen LogP contribution is -2.34. The summed E-state index contributed by atoms with van der Waals surface area (Å²) in [7, 11) is 0. The number of benzene rings is 2. The van der Waals surface area contributed by atoms with Crippen molar-refractivity contribution in [1.82, 2.24) is 5.32 Å². The fourth-order valence-corrected chi connectivity index (χ4v) is 2.40. The second kappa shape index (κ2) is 7.44. The molecule has 23 heavy (non-hydrogen) atoms. The summed E-state index contributed by atoms with van der Waals surface area (Å²) in [6.45, 7) is 3.42. The average molecular weight is 337 g/mol. The number of anilines is 1. The molecule has 1 atom stereocenters. The van der Waals surface area contributed by atoms with E-state index in [0.717, 1.165) is 11.1 Å². The number of hydrogen-bond donors (Lipinski definition) is 3. The topological polar surface area (TPSA) is 61.4 Å². The number of aryl methyl sites for hydroxylation is 2. The largest absolute Gasteiger partial charge is 0.394 e. The molecule has 4 nitrogen and oxygen atoms in total. The lowest BCUT2D eigenvalue weighted by atomic mass is 10.1. The Labute approximate surface area is 139 Å². The zero-order valence-corrected chi connectivity index (χ0v) is 13.6. The van der Waals surface area contributed by atoms with Crippen molar-refractivity contribution in [2.75, 3.05) is 11.9 Å². The first-order valence-corrected chi connectivity index (χ1v) is 7.49. The third-order valence-corrected chi connectivity index (χ3v) is 3.86. The van der Waals surface area contributed by atoms with Crippen LogP contribution in [-0.4, -0.2) is 17.7 Å². The highest BCUT2D eigenvalue weighted by atomic mass is 35.5. The molecule has 122 valence electrons. The van der Waals surface area contributed by atoms with E-state index in [1.165, 1.54) is 12.1 Å². The predicted molar refractivity (Wildman–Crippen MR) is 89.3 cm³/mol. The van der Waals surface area contributed by atoms with Crippen LogP contribution in [0, 0.1) is 19.7 Å². The van der Waals surface area contributed by atoms with Crippen LogP contribution in [0.15, 0.2) is 36.4 Å². The van der Waals surface area contributed by atoms with Crippen molar-refractivity contribution in [1.29, 1.82) is 0 Å². The summed E-state index contributed by atoms with van der Waals surface area (Å²) in [5, 5.41) is 14.8. The number of para-hydroxylation sites is 1. The van der Waals surface area contributed by atoms with Crippen molar-refractivity contribution in [3.8, 4) is 0 Å². The van der Waals surface area contributed by atoms with E-state index < -0.39 is 17.9 Å². The van der Waals surface area contributed by atoms with Gasteiger partial charge < -0.3 is 15.7 Å². The molecule has 0 saturated heterocycles. The molecule has 0 aliphatic rings. The zero-order chi connectivity index (χ0) is 17.0. The number of carbonyl (C=O) groups excluding carboxylic acids is 1. The Balaban J connectivity index is 2.12. The SMILES string of the molecule is Cc1cccc(C)c1NC(=O)NC(CO)c1ccc(Cl)c(F)c1. The monoisotopic (exact) mass is 336 g/mol. The molecule has 0 saturated carbocycles. The van der Waals surface area contributed by atoms with Crippen LogP contribution in [0.4, 0.5) is 14.9 Å². The van der Waals surface area contributed by atoms with Gasteiger partial charge in [-0.3, -0.25) is 0 Å². The first-order valence-electron chi connectivity index (χ1n) is 7.12. The number of nitrogens with one attached hydrogen (secondary N) is 2. The predicted octanol–water partition coefficient (Wildman–Crippen LogP) is 3.95. The molecule has 6 heteroatoms. The van der Waals surface area contributed by atoms with Gasteiger partial charge in [0.2, 0.25) is 0 Å². The van der Waals surface area contributed by atoms with Gasteiger partial charge in [-0.25, -0.2) is 9.18 Å². The molecule has 0 radical (unpaired) electrons. The number of hydrogen-bond acceptors (Lipinski definition) is 2. The maximum atomic E-state index is 13.5. The minimum absolute atomic E-state index is 0.00886. The molecule has 0 heterocycles. The fraction of sp³-hybridized carbons (Fsp3) is 0.235. The Morgan fingerprint density at radius 2 is 1.91 bits per heavy atom. The van der Waals surface area contributed by atoms with Gasteiger partial charge in [0.05, 0.1) is 17.7 Å². The fourth-order valence-electron chi connectivity index (χ4n) is 2.28. The molecule has 2 aromatic carbocycles. The number of urea groups is 1. The number of carbonyl (C=O) groups is 1. The van der Waals surface area contributed by atoms with Gasteiger partial charge in [-0.15, -0.1) is 0 Å². The lowest BCUT2D eigenvalue weighted by Gasteiger charge is -2.19. The van der Waals surface area contributed by atoms with Gasteiger partial charge in [-0.05, 0) is 42.7 Å². The van der Waals surface area contributed by atoms with Crippen LogP contribution in [0.5, 0.6) is 0 Å². The van der Waals surface area contributed by atoms with Gasteiger partial charge >= 0.3 is 6.03 Å². The molecule has 2 rings (SSSR count). The van der Waals surface area contributed by atoms with Gasteiger partial charge in [0.25, 0.3) is 0 Å². The summed E-state index contributed by atoms with van der Waals surface area (Å²) in [5.41, 5.74) is 3.01. The van der Waals surface area contributed by atoms with Crippen molar-refractivity contribution in [3.05, 3.63) is 63.9 Å².